The van der Waals surface area contributed by atoms with Gasteiger partial charge in [0, 0.05) is 28.4 Å². The minimum absolute atomic E-state index is 0.157. The van der Waals surface area contributed by atoms with E-state index in [1.54, 1.807) is 40.9 Å². The number of hydrogen-bond acceptors (Lipinski definition) is 5. The van der Waals surface area contributed by atoms with Crippen LogP contribution < -0.4 is 15.6 Å². The summed E-state index contributed by atoms with van der Waals surface area (Å²) in [6.45, 7) is 2.51. The number of hydrogen-bond donors (Lipinski definition) is 3. The molecule has 1 aliphatic heterocycles. The van der Waals surface area contributed by atoms with Gasteiger partial charge in [-0.1, -0.05) is 42.3 Å². The molecule has 0 aromatic heterocycles. The molecule has 3 aromatic rings. The molecule has 0 aliphatic carbocycles. The molecule has 196 valence electrons. The predicted molar refractivity (Wildman–Crippen MR) is 152 cm³/mol. The average molecular weight is 571 g/mol. The first-order valence-corrected chi connectivity index (χ1v) is 13.5. The van der Waals surface area contributed by atoms with Crippen LogP contribution in [0.4, 0.5) is 16.2 Å². The van der Waals surface area contributed by atoms with Gasteiger partial charge in [-0.3, -0.25) is 4.79 Å². The maximum atomic E-state index is 13.1. The van der Waals surface area contributed by atoms with Crippen molar-refractivity contribution in [3.05, 3.63) is 87.4 Å². The molecule has 8 nitrogen and oxygen atoms in total. The molecule has 38 heavy (non-hydrogen) atoms. The highest BCUT2D eigenvalue weighted by Crippen LogP contribution is 2.33. The number of hydrazone groups is 1. The Balaban J connectivity index is 1.46. The number of carbonyl (C=O) groups is 3. The van der Waals surface area contributed by atoms with E-state index in [9.17, 15) is 14.4 Å². The van der Waals surface area contributed by atoms with Crippen LogP contribution in [0.2, 0.25) is 10.0 Å². The fourth-order valence-corrected chi connectivity index (χ4v) is 5.11. The molecular formula is C27H24Cl2N4O4S. The van der Waals surface area contributed by atoms with Crippen LogP contribution in [0.3, 0.4) is 0 Å². The fourth-order valence-electron chi connectivity index (χ4n) is 3.88. The van der Waals surface area contributed by atoms with Crippen molar-refractivity contribution in [1.29, 1.82) is 0 Å². The Bertz CT molecular complexity index is 1410. The second-order valence-electron chi connectivity index (χ2n) is 8.39. The molecule has 3 aromatic carbocycles. The molecule has 3 N–H and O–H groups in total. The number of nitrogens with zero attached hydrogens (tertiary/aromatic N) is 2. The van der Waals surface area contributed by atoms with Crippen LogP contribution in [0.25, 0.3) is 0 Å². The third kappa shape index (κ3) is 6.48. The molecule has 4 rings (SSSR count). The van der Waals surface area contributed by atoms with E-state index in [1.165, 1.54) is 6.07 Å². The molecule has 0 spiro atoms. The number of amides is 3. The Morgan fingerprint density at radius 3 is 2.47 bits per heavy atom. The third-order valence-electron chi connectivity index (χ3n) is 5.72. The molecule has 1 heterocycles. The van der Waals surface area contributed by atoms with Crippen LogP contribution in [0.1, 0.15) is 34.8 Å². The maximum Gasteiger partial charge on any atom is 0.339 e. The summed E-state index contributed by atoms with van der Waals surface area (Å²) in [6.07, 6.45) is 1.51. The second-order valence-corrected chi connectivity index (χ2v) is 10.4. The lowest BCUT2D eigenvalue weighted by Crippen LogP contribution is -2.33. The molecule has 3 amide bonds. The van der Waals surface area contributed by atoms with Crippen LogP contribution >= 0.6 is 35.0 Å². The van der Waals surface area contributed by atoms with Gasteiger partial charge in [0.05, 0.1) is 21.3 Å². The van der Waals surface area contributed by atoms with E-state index in [0.29, 0.717) is 27.8 Å². The average Bonchev–Trinajstić information content (AvgIpc) is 3.15. The van der Waals surface area contributed by atoms with Crippen molar-refractivity contribution in [3.8, 4) is 0 Å². The monoisotopic (exact) mass is 570 g/mol. The number of aryl methyl sites for hydroxylation is 1. The molecule has 0 atom stereocenters. The van der Waals surface area contributed by atoms with E-state index in [1.807, 2.05) is 37.3 Å². The van der Waals surface area contributed by atoms with E-state index < -0.39 is 12.0 Å². The minimum atomic E-state index is -0.949. The van der Waals surface area contributed by atoms with Crippen LogP contribution in [0.5, 0.6) is 0 Å². The van der Waals surface area contributed by atoms with Crippen molar-refractivity contribution >= 4 is 70.0 Å². The molecule has 0 unspecified atom stereocenters. The van der Waals surface area contributed by atoms with Crippen molar-refractivity contribution in [2.75, 3.05) is 22.5 Å². The largest absolute Gasteiger partial charge is 0.478 e. The molecule has 0 saturated carbocycles. The van der Waals surface area contributed by atoms with E-state index in [0.717, 1.165) is 34.7 Å². The van der Waals surface area contributed by atoms with Gasteiger partial charge in [-0.05, 0) is 66.9 Å². The van der Waals surface area contributed by atoms with Crippen LogP contribution in [-0.2, 0) is 11.2 Å². The quantitative estimate of drug-likeness (QED) is 0.206. The zero-order valence-corrected chi connectivity index (χ0v) is 22.7. The number of carbonyl (C=O) groups excluding carboxylic acids is 2. The van der Waals surface area contributed by atoms with Gasteiger partial charge in [0.2, 0.25) is 0 Å². The predicted octanol–water partition coefficient (Wildman–Crippen LogP) is 6.31. The number of thioether (sulfide) groups is 1. The molecule has 0 saturated heterocycles. The lowest BCUT2D eigenvalue weighted by Gasteiger charge is -2.15. The highest BCUT2D eigenvalue weighted by Gasteiger charge is 2.34. The SMILES string of the molecule is CCCN1C(=O)C(=NNC(=O)Nc2ccc(Cl)c(Cl)c2)c2cc(SCCc3ccc(C(=O)O)cc3)ccc21. The topological polar surface area (TPSA) is 111 Å². The van der Waals surface area contributed by atoms with E-state index in [2.05, 4.69) is 15.8 Å². The number of fused-ring (bicyclic) bond motifs is 1. The van der Waals surface area contributed by atoms with Gasteiger partial charge in [-0.25, -0.2) is 15.0 Å². The number of urea groups is 1. The molecule has 1 aliphatic rings. The Morgan fingerprint density at radius 1 is 1.03 bits per heavy atom. The molecule has 0 fully saturated rings. The summed E-state index contributed by atoms with van der Waals surface area (Å²) in [6, 6.07) is 16.6. The standard InChI is InChI=1S/C27H24Cl2N4O4S/c1-2-12-33-23-10-8-19(38-13-11-16-3-5-17(6-4-16)26(35)36)15-20(23)24(25(33)34)31-32-27(37)30-18-7-9-21(28)22(29)14-18/h3-10,14-15H,2,11-13H2,1H3,(H,35,36)(H2,30,32,37). The summed E-state index contributed by atoms with van der Waals surface area (Å²) in [7, 11) is 0. The highest BCUT2D eigenvalue weighted by molar-refractivity contribution is 7.99. The van der Waals surface area contributed by atoms with Crippen molar-refractivity contribution in [3.63, 3.8) is 0 Å². The fraction of sp³-hybridized carbons (Fsp3) is 0.185. The summed E-state index contributed by atoms with van der Waals surface area (Å²) in [5.74, 6) is -0.471. The van der Waals surface area contributed by atoms with E-state index >= 15 is 0 Å². The summed E-state index contributed by atoms with van der Waals surface area (Å²) in [5.41, 5.74) is 5.68. The van der Waals surface area contributed by atoms with Gasteiger partial charge >= 0.3 is 12.0 Å². The zero-order valence-electron chi connectivity index (χ0n) is 20.3. The first kappa shape index (κ1) is 27.5. The number of benzene rings is 3. The minimum Gasteiger partial charge on any atom is -0.478 e. The number of nitrogens with one attached hydrogen (secondary N) is 2. The van der Waals surface area contributed by atoms with Gasteiger partial charge in [0.15, 0.2) is 5.71 Å². The number of anilines is 2. The summed E-state index contributed by atoms with van der Waals surface area (Å²) >= 11 is 13.5. The maximum absolute atomic E-state index is 13.1. The Morgan fingerprint density at radius 2 is 1.79 bits per heavy atom. The van der Waals surface area contributed by atoms with Crippen molar-refractivity contribution in [2.24, 2.45) is 5.10 Å². The molecule has 0 radical (unpaired) electrons. The number of aromatic carboxylic acids is 1. The first-order valence-electron chi connectivity index (χ1n) is 11.8. The normalized spacial score (nSPS) is 13.5. The highest BCUT2D eigenvalue weighted by atomic mass is 35.5. The van der Waals surface area contributed by atoms with Crippen molar-refractivity contribution in [2.45, 2.75) is 24.7 Å². The Kier molecular flexibility index (Phi) is 8.93. The first-order chi connectivity index (χ1) is 18.3. The van der Waals surface area contributed by atoms with E-state index in [-0.39, 0.29) is 17.2 Å². The second kappa shape index (κ2) is 12.3. The molecular weight excluding hydrogens is 547 g/mol. The van der Waals surface area contributed by atoms with Gasteiger partial charge in [-0.15, -0.1) is 11.8 Å². The lowest BCUT2D eigenvalue weighted by atomic mass is 10.1. The van der Waals surface area contributed by atoms with E-state index in [4.69, 9.17) is 28.3 Å². The lowest BCUT2D eigenvalue weighted by molar-refractivity contribution is -0.112. The van der Waals surface area contributed by atoms with Gasteiger partial charge in [0.25, 0.3) is 5.91 Å². The van der Waals surface area contributed by atoms with Gasteiger partial charge in [-0.2, -0.15) is 5.10 Å². The Labute approximate surface area is 234 Å². The van der Waals surface area contributed by atoms with Crippen LogP contribution in [-0.4, -0.2) is 41.0 Å². The Hall–Kier alpha value is -3.53. The molecule has 11 heteroatoms. The van der Waals surface area contributed by atoms with Crippen LogP contribution in [0, 0.1) is 0 Å². The summed E-state index contributed by atoms with van der Waals surface area (Å²) < 4.78 is 0. The third-order valence-corrected chi connectivity index (χ3v) is 7.45. The smallest absolute Gasteiger partial charge is 0.339 e. The number of carboxylic acid groups (broad SMARTS) is 1. The van der Waals surface area contributed by atoms with Gasteiger partial charge in [0.1, 0.15) is 0 Å². The number of halogens is 2. The zero-order chi connectivity index (χ0) is 27.2. The van der Waals surface area contributed by atoms with Crippen molar-refractivity contribution in [1.82, 2.24) is 5.43 Å². The van der Waals surface area contributed by atoms with Crippen LogP contribution in [0.15, 0.2) is 70.7 Å². The van der Waals surface area contributed by atoms with Crippen molar-refractivity contribution < 1.29 is 19.5 Å². The molecule has 0 bridgehead atoms. The summed E-state index contributed by atoms with van der Waals surface area (Å²) in [4.78, 5) is 39.2. The summed E-state index contributed by atoms with van der Waals surface area (Å²) in [5, 5.41) is 16.5. The number of rotatable bonds is 9. The number of carboxylic acids is 1. The van der Waals surface area contributed by atoms with Gasteiger partial charge < -0.3 is 15.3 Å².